The molecule has 1 aromatic rings. The molecule has 16 heavy (non-hydrogen) atoms. The van der Waals surface area contributed by atoms with Crippen LogP contribution in [0.3, 0.4) is 0 Å². The van der Waals surface area contributed by atoms with Crippen molar-refractivity contribution in [3.8, 4) is 6.19 Å². The van der Waals surface area contributed by atoms with Gasteiger partial charge in [-0.25, -0.2) is 4.99 Å². The lowest BCUT2D eigenvalue weighted by molar-refractivity contribution is 1.27. The molecule has 0 bridgehead atoms. The number of hydrogen-bond acceptors (Lipinski definition) is 4. The minimum Gasteiger partial charge on any atom is -0.386 e. The van der Waals surface area contributed by atoms with Crippen molar-refractivity contribution in [3.63, 3.8) is 0 Å². The van der Waals surface area contributed by atoms with Crippen molar-refractivity contribution in [3.05, 3.63) is 23.8 Å². The van der Waals surface area contributed by atoms with E-state index in [0.29, 0.717) is 5.17 Å². The number of rotatable bonds is 2. The van der Waals surface area contributed by atoms with E-state index in [1.165, 1.54) is 11.8 Å². The highest BCUT2D eigenvalue weighted by atomic mass is 32.2. The summed E-state index contributed by atoms with van der Waals surface area (Å²) in [6, 6.07) is 5.87. The van der Waals surface area contributed by atoms with Gasteiger partial charge in [0.05, 0.1) is 11.4 Å². The van der Waals surface area contributed by atoms with Crippen LogP contribution >= 0.6 is 11.8 Å². The lowest BCUT2D eigenvalue weighted by Gasteiger charge is -2.09. The van der Waals surface area contributed by atoms with Crippen LogP contribution in [0.25, 0.3) is 0 Å². The maximum atomic E-state index is 8.56. The van der Waals surface area contributed by atoms with Gasteiger partial charge in [-0.2, -0.15) is 5.26 Å². The summed E-state index contributed by atoms with van der Waals surface area (Å²) < 4.78 is 0. The number of amidine groups is 1. The highest BCUT2D eigenvalue weighted by molar-refractivity contribution is 8.13. The molecule has 0 fully saturated rings. The van der Waals surface area contributed by atoms with Gasteiger partial charge in [-0.15, -0.1) is 0 Å². The van der Waals surface area contributed by atoms with Crippen molar-refractivity contribution in [2.24, 2.45) is 4.99 Å². The fraction of sp³-hybridized carbons (Fsp3) is 0.273. The Balaban J connectivity index is 3.13. The van der Waals surface area contributed by atoms with Crippen molar-refractivity contribution in [1.29, 1.82) is 5.26 Å². The van der Waals surface area contributed by atoms with Gasteiger partial charge in [0, 0.05) is 7.05 Å². The molecule has 0 spiro atoms. The first-order chi connectivity index (χ1) is 7.72. The molecule has 0 aliphatic carbocycles. The molecule has 0 atom stereocenters. The Labute approximate surface area is 99.8 Å². The standard InChI is InChI=1S/C11H14N4S/c1-8-5-4-6-9(10(8)13-2)15-11(16-3)14-7-12/h4-6,13H,1-3H3,(H,14,15). The first kappa shape index (κ1) is 12.4. The molecular formula is C11H14N4S. The predicted molar refractivity (Wildman–Crippen MR) is 70.1 cm³/mol. The van der Waals surface area contributed by atoms with E-state index >= 15 is 0 Å². The highest BCUT2D eigenvalue weighted by Crippen LogP contribution is 2.28. The molecule has 0 aromatic heterocycles. The normalized spacial score (nSPS) is 10.8. The van der Waals surface area contributed by atoms with Crippen LogP contribution < -0.4 is 10.6 Å². The Morgan fingerprint density at radius 3 is 2.81 bits per heavy atom. The fourth-order valence-electron chi connectivity index (χ4n) is 1.35. The Kier molecular flexibility index (Phi) is 4.67. The van der Waals surface area contributed by atoms with Crippen molar-refractivity contribution in [2.45, 2.75) is 6.92 Å². The van der Waals surface area contributed by atoms with Crippen molar-refractivity contribution in [1.82, 2.24) is 5.32 Å². The molecule has 1 aromatic carbocycles. The third-order valence-corrected chi connectivity index (χ3v) is 2.66. The lowest BCUT2D eigenvalue weighted by atomic mass is 10.2. The molecule has 0 saturated heterocycles. The second-order valence-corrected chi connectivity index (χ2v) is 3.87. The average Bonchev–Trinajstić information content (AvgIpc) is 2.28. The number of anilines is 1. The summed E-state index contributed by atoms with van der Waals surface area (Å²) in [6.07, 6.45) is 3.74. The SMILES string of the molecule is CNc1c(C)cccc1N=C(NC#N)SC. The van der Waals surface area contributed by atoms with E-state index in [9.17, 15) is 0 Å². The van der Waals surface area contributed by atoms with E-state index in [2.05, 4.69) is 15.6 Å². The van der Waals surface area contributed by atoms with Gasteiger partial charge in [-0.1, -0.05) is 23.9 Å². The Morgan fingerprint density at radius 2 is 2.25 bits per heavy atom. The molecular weight excluding hydrogens is 220 g/mol. The third-order valence-electron chi connectivity index (χ3n) is 2.08. The van der Waals surface area contributed by atoms with Crippen LogP contribution in [0.15, 0.2) is 23.2 Å². The molecule has 0 amide bonds. The molecule has 1 rings (SSSR count). The van der Waals surface area contributed by atoms with Crippen LogP contribution in [-0.4, -0.2) is 18.5 Å². The summed E-state index contributed by atoms with van der Waals surface area (Å²) >= 11 is 1.40. The average molecular weight is 234 g/mol. The van der Waals surface area contributed by atoms with Crippen LogP contribution in [0.2, 0.25) is 0 Å². The molecule has 2 N–H and O–H groups in total. The van der Waals surface area contributed by atoms with Gasteiger partial charge in [0.25, 0.3) is 0 Å². The summed E-state index contributed by atoms with van der Waals surface area (Å²) in [5.74, 6) is 0. The zero-order valence-corrected chi connectivity index (χ0v) is 10.4. The van der Waals surface area contributed by atoms with Crippen LogP contribution in [-0.2, 0) is 0 Å². The molecule has 0 aliphatic rings. The summed E-state index contributed by atoms with van der Waals surface area (Å²) in [4.78, 5) is 4.38. The van der Waals surface area contributed by atoms with Gasteiger partial charge in [0.2, 0.25) is 0 Å². The second kappa shape index (κ2) is 6.03. The van der Waals surface area contributed by atoms with Crippen LogP contribution in [0.5, 0.6) is 0 Å². The molecule has 0 aliphatic heterocycles. The smallest absolute Gasteiger partial charge is 0.183 e. The maximum Gasteiger partial charge on any atom is 0.183 e. The summed E-state index contributed by atoms with van der Waals surface area (Å²) in [7, 11) is 1.86. The van der Waals surface area contributed by atoms with Crippen molar-refractivity contribution in [2.75, 3.05) is 18.6 Å². The minimum absolute atomic E-state index is 0.588. The summed E-state index contributed by atoms with van der Waals surface area (Å²) in [5, 5.41) is 14.8. The number of benzene rings is 1. The number of aliphatic imine (C=N–C) groups is 1. The van der Waals surface area contributed by atoms with Gasteiger partial charge in [0.1, 0.15) is 0 Å². The number of nitrogens with zero attached hydrogens (tertiary/aromatic N) is 2. The van der Waals surface area contributed by atoms with Gasteiger partial charge < -0.3 is 5.32 Å². The largest absolute Gasteiger partial charge is 0.386 e. The maximum absolute atomic E-state index is 8.56. The topological polar surface area (TPSA) is 60.2 Å². The Bertz CT molecular complexity index is 434. The summed E-state index contributed by atoms with van der Waals surface area (Å²) in [6.45, 7) is 2.02. The van der Waals surface area contributed by atoms with Gasteiger partial charge in [0.15, 0.2) is 11.4 Å². The van der Waals surface area contributed by atoms with E-state index in [4.69, 9.17) is 5.26 Å². The van der Waals surface area contributed by atoms with E-state index in [1.54, 1.807) is 0 Å². The first-order valence-corrected chi connectivity index (χ1v) is 6.00. The fourth-order valence-corrected chi connectivity index (χ4v) is 1.69. The van der Waals surface area contributed by atoms with E-state index in [1.807, 2.05) is 44.6 Å². The molecule has 0 unspecified atom stereocenters. The zero-order valence-electron chi connectivity index (χ0n) is 9.53. The lowest BCUT2D eigenvalue weighted by Crippen LogP contribution is -2.12. The number of nitrogens with one attached hydrogen (secondary N) is 2. The molecule has 0 saturated carbocycles. The zero-order chi connectivity index (χ0) is 12.0. The minimum atomic E-state index is 0.588. The molecule has 84 valence electrons. The Morgan fingerprint density at radius 1 is 1.50 bits per heavy atom. The van der Waals surface area contributed by atoms with Crippen LogP contribution in [0.1, 0.15) is 5.56 Å². The Hall–Kier alpha value is -1.67. The third kappa shape index (κ3) is 2.91. The van der Waals surface area contributed by atoms with E-state index in [-0.39, 0.29) is 0 Å². The van der Waals surface area contributed by atoms with Gasteiger partial charge in [-0.3, -0.25) is 5.32 Å². The molecule has 4 nitrogen and oxygen atoms in total. The predicted octanol–water partition coefficient (Wildman–Crippen LogP) is 2.46. The molecule has 0 radical (unpaired) electrons. The van der Waals surface area contributed by atoms with E-state index in [0.717, 1.165) is 16.9 Å². The quantitative estimate of drug-likeness (QED) is 0.357. The number of para-hydroxylation sites is 1. The van der Waals surface area contributed by atoms with Gasteiger partial charge in [-0.05, 0) is 24.8 Å². The van der Waals surface area contributed by atoms with Crippen molar-refractivity contribution >= 4 is 28.3 Å². The summed E-state index contributed by atoms with van der Waals surface area (Å²) in [5.41, 5.74) is 2.93. The monoisotopic (exact) mass is 234 g/mol. The second-order valence-electron chi connectivity index (χ2n) is 3.08. The molecule has 5 heteroatoms. The number of nitriles is 1. The molecule has 0 heterocycles. The van der Waals surface area contributed by atoms with Crippen molar-refractivity contribution < 1.29 is 0 Å². The first-order valence-electron chi connectivity index (χ1n) is 4.78. The van der Waals surface area contributed by atoms with E-state index < -0.39 is 0 Å². The highest BCUT2D eigenvalue weighted by Gasteiger charge is 2.04. The van der Waals surface area contributed by atoms with Crippen LogP contribution in [0, 0.1) is 18.4 Å². The number of thioether (sulfide) groups is 1. The number of aryl methyl sites for hydroxylation is 1. The van der Waals surface area contributed by atoms with Gasteiger partial charge >= 0.3 is 0 Å². The van der Waals surface area contributed by atoms with Crippen LogP contribution in [0.4, 0.5) is 11.4 Å². The number of hydrogen-bond donors (Lipinski definition) is 2.